The zero-order valence-electron chi connectivity index (χ0n) is 13.5. The molecule has 0 saturated carbocycles. The molecule has 0 bridgehead atoms. The summed E-state index contributed by atoms with van der Waals surface area (Å²) in [5.41, 5.74) is 1.07. The van der Waals surface area contributed by atoms with Gasteiger partial charge in [0.15, 0.2) is 18.2 Å². The number of ether oxygens (including phenoxy) is 2. The number of carbonyl (C=O) groups excluding carboxylic acids is 1. The number of anilines is 2. The lowest BCUT2D eigenvalue weighted by Crippen LogP contribution is -2.46. The molecule has 0 spiro atoms. The summed E-state index contributed by atoms with van der Waals surface area (Å²) in [7, 11) is 0. The largest absolute Gasteiger partial charge is 0.480 e. The van der Waals surface area contributed by atoms with E-state index in [9.17, 15) is 9.18 Å². The second-order valence-electron chi connectivity index (χ2n) is 6.04. The van der Waals surface area contributed by atoms with E-state index in [1.54, 1.807) is 6.07 Å². The van der Waals surface area contributed by atoms with Gasteiger partial charge in [-0.2, -0.15) is 0 Å². The molecule has 1 aromatic carbocycles. The highest BCUT2D eigenvalue weighted by molar-refractivity contribution is 5.94. The van der Waals surface area contributed by atoms with Crippen LogP contribution < -0.4 is 15.0 Å². The molecule has 130 valence electrons. The van der Waals surface area contributed by atoms with Crippen molar-refractivity contribution in [3.63, 3.8) is 0 Å². The molecule has 2 aromatic rings. The van der Waals surface area contributed by atoms with Crippen LogP contribution >= 0.6 is 0 Å². The minimum atomic E-state index is -0.553. The van der Waals surface area contributed by atoms with Gasteiger partial charge in [0.2, 0.25) is 0 Å². The normalized spacial score (nSPS) is 22.8. The topological polar surface area (TPSA) is 63.7 Å². The number of hydrogen-bond donors (Lipinski definition) is 1. The van der Waals surface area contributed by atoms with Crippen molar-refractivity contribution in [1.29, 1.82) is 0 Å². The molecule has 1 aromatic heterocycles. The molecular formula is C18H18FN3O3. The summed E-state index contributed by atoms with van der Waals surface area (Å²) < 4.78 is 24.2. The van der Waals surface area contributed by atoms with Gasteiger partial charge in [0.25, 0.3) is 5.91 Å². The molecule has 3 heterocycles. The van der Waals surface area contributed by atoms with E-state index in [1.807, 2.05) is 41.3 Å². The third-order valence-electron chi connectivity index (χ3n) is 4.38. The first-order valence-electron chi connectivity index (χ1n) is 8.17. The minimum absolute atomic E-state index is 0.0118. The van der Waals surface area contributed by atoms with Crippen molar-refractivity contribution in [3.05, 3.63) is 48.0 Å². The molecule has 25 heavy (non-hydrogen) atoms. The van der Waals surface area contributed by atoms with Gasteiger partial charge in [0.05, 0.1) is 12.6 Å². The fraction of sp³-hybridized carbons (Fsp3) is 0.333. The number of nitrogens with one attached hydrogen (secondary N) is 1. The summed E-state index contributed by atoms with van der Waals surface area (Å²) in [6.07, 6.45) is -0.497. The molecule has 2 aliphatic rings. The molecule has 1 amide bonds. The molecule has 0 radical (unpaired) electrons. The Morgan fingerprint density at radius 3 is 2.88 bits per heavy atom. The third-order valence-corrected chi connectivity index (χ3v) is 4.38. The Kier molecular flexibility index (Phi) is 4.23. The quantitative estimate of drug-likeness (QED) is 0.927. The van der Waals surface area contributed by atoms with Crippen molar-refractivity contribution in [1.82, 2.24) is 4.98 Å². The van der Waals surface area contributed by atoms with Crippen LogP contribution in [0, 0.1) is 0 Å². The molecule has 0 aliphatic carbocycles. The van der Waals surface area contributed by atoms with Crippen LogP contribution in [0.5, 0.6) is 5.75 Å². The zero-order chi connectivity index (χ0) is 17.2. The van der Waals surface area contributed by atoms with E-state index in [-0.39, 0.29) is 18.6 Å². The maximum absolute atomic E-state index is 13.2. The van der Waals surface area contributed by atoms with Crippen LogP contribution in [0.2, 0.25) is 0 Å². The number of benzene rings is 1. The van der Waals surface area contributed by atoms with Gasteiger partial charge in [0, 0.05) is 6.54 Å². The Morgan fingerprint density at radius 1 is 1.24 bits per heavy atom. The monoisotopic (exact) mass is 343 g/mol. The van der Waals surface area contributed by atoms with E-state index in [0.29, 0.717) is 30.5 Å². The Hall–Kier alpha value is -2.67. The van der Waals surface area contributed by atoms with Crippen LogP contribution in [0.1, 0.15) is 11.6 Å². The number of nitrogens with zero attached hydrogens (tertiary/aromatic N) is 2. The summed E-state index contributed by atoms with van der Waals surface area (Å²) >= 11 is 0. The van der Waals surface area contributed by atoms with Gasteiger partial charge in [-0.25, -0.2) is 9.37 Å². The summed E-state index contributed by atoms with van der Waals surface area (Å²) in [5.74, 6) is 1.35. The predicted octanol–water partition coefficient (Wildman–Crippen LogP) is 2.33. The minimum Gasteiger partial charge on any atom is -0.480 e. The van der Waals surface area contributed by atoms with E-state index >= 15 is 0 Å². The number of carbonyl (C=O) groups is 1. The predicted molar refractivity (Wildman–Crippen MR) is 90.6 cm³/mol. The molecular weight excluding hydrogens is 325 g/mol. The highest BCUT2D eigenvalue weighted by Crippen LogP contribution is 2.34. The van der Waals surface area contributed by atoms with Crippen LogP contribution in [0.15, 0.2) is 42.5 Å². The van der Waals surface area contributed by atoms with Crippen molar-refractivity contribution in [3.8, 4) is 5.75 Å². The maximum Gasteiger partial charge on any atom is 0.263 e. The van der Waals surface area contributed by atoms with Crippen molar-refractivity contribution in [2.24, 2.45) is 0 Å². The first kappa shape index (κ1) is 15.8. The molecule has 4 rings (SSSR count). The molecule has 1 saturated heterocycles. The maximum atomic E-state index is 13.2. The van der Waals surface area contributed by atoms with Gasteiger partial charge in [-0.1, -0.05) is 30.3 Å². The molecule has 2 unspecified atom stereocenters. The number of alkyl halides is 1. The number of pyridine rings is 1. The lowest BCUT2D eigenvalue weighted by Gasteiger charge is -2.40. The zero-order valence-corrected chi connectivity index (χ0v) is 13.5. The van der Waals surface area contributed by atoms with Crippen LogP contribution in [0.3, 0.4) is 0 Å². The van der Waals surface area contributed by atoms with Gasteiger partial charge < -0.3 is 19.7 Å². The second kappa shape index (κ2) is 6.68. The van der Waals surface area contributed by atoms with Crippen molar-refractivity contribution in [2.45, 2.75) is 12.1 Å². The van der Waals surface area contributed by atoms with Gasteiger partial charge in [-0.15, -0.1) is 0 Å². The Labute approximate surface area is 144 Å². The molecule has 1 fully saturated rings. The summed E-state index contributed by atoms with van der Waals surface area (Å²) in [6, 6.07) is 13.4. The smallest absolute Gasteiger partial charge is 0.263 e. The highest BCUT2D eigenvalue weighted by atomic mass is 19.1. The number of hydrogen-bond acceptors (Lipinski definition) is 5. The number of morpholine rings is 1. The average Bonchev–Trinajstić information content (AvgIpc) is 2.67. The van der Waals surface area contributed by atoms with Crippen LogP contribution in [0.25, 0.3) is 0 Å². The standard InChI is InChI=1S/C18H18FN3O3/c19-8-13-9-22(14(10-24-13)12-4-2-1-3-5-12)16-7-6-15-18(20-16)21-17(23)11-25-15/h1-7,13-14H,8-11H2,(H,20,21,23). The number of amides is 1. The van der Waals surface area contributed by atoms with E-state index in [2.05, 4.69) is 10.3 Å². The summed E-state index contributed by atoms with van der Waals surface area (Å²) in [4.78, 5) is 18.1. The lowest BCUT2D eigenvalue weighted by atomic mass is 10.0. The number of rotatable bonds is 3. The summed E-state index contributed by atoms with van der Waals surface area (Å²) in [6.45, 7) is 0.196. The Morgan fingerprint density at radius 2 is 2.08 bits per heavy atom. The second-order valence-corrected chi connectivity index (χ2v) is 6.04. The van der Waals surface area contributed by atoms with Crippen molar-refractivity contribution in [2.75, 3.05) is 36.6 Å². The lowest BCUT2D eigenvalue weighted by molar-refractivity contribution is -0.118. The fourth-order valence-corrected chi connectivity index (χ4v) is 3.13. The van der Waals surface area contributed by atoms with Crippen LogP contribution in [-0.4, -0.2) is 43.4 Å². The van der Waals surface area contributed by atoms with Gasteiger partial charge in [-0.05, 0) is 17.7 Å². The van der Waals surface area contributed by atoms with Gasteiger partial charge >= 0.3 is 0 Å². The van der Waals surface area contributed by atoms with Gasteiger partial charge in [0.1, 0.15) is 18.6 Å². The molecule has 2 atom stereocenters. The number of fused-ring (bicyclic) bond motifs is 1. The SMILES string of the molecule is O=C1COc2ccc(N3CC(CF)OCC3c3ccccc3)nc2N1. The van der Waals surface area contributed by atoms with E-state index in [4.69, 9.17) is 9.47 Å². The van der Waals surface area contributed by atoms with Crippen molar-refractivity contribution >= 4 is 17.5 Å². The number of halogens is 1. The fourth-order valence-electron chi connectivity index (χ4n) is 3.13. The van der Waals surface area contributed by atoms with E-state index < -0.39 is 12.8 Å². The Bertz CT molecular complexity index is 771. The van der Waals surface area contributed by atoms with Crippen LogP contribution in [-0.2, 0) is 9.53 Å². The third kappa shape index (κ3) is 3.15. The van der Waals surface area contributed by atoms with Gasteiger partial charge in [-0.3, -0.25) is 4.79 Å². The number of aromatic nitrogens is 1. The molecule has 1 N–H and O–H groups in total. The Balaban J connectivity index is 1.69. The van der Waals surface area contributed by atoms with Crippen molar-refractivity contribution < 1.29 is 18.7 Å². The average molecular weight is 343 g/mol. The highest BCUT2D eigenvalue weighted by Gasteiger charge is 2.32. The molecule has 2 aliphatic heterocycles. The summed E-state index contributed by atoms with van der Waals surface area (Å²) in [5, 5.41) is 2.71. The first-order valence-corrected chi connectivity index (χ1v) is 8.17. The molecule has 6 nitrogen and oxygen atoms in total. The van der Waals surface area contributed by atoms with E-state index in [1.165, 1.54) is 0 Å². The van der Waals surface area contributed by atoms with E-state index in [0.717, 1.165) is 5.56 Å². The molecule has 7 heteroatoms. The first-order chi connectivity index (χ1) is 12.2. The van der Waals surface area contributed by atoms with Crippen LogP contribution in [0.4, 0.5) is 16.0 Å².